The van der Waals surface area contributed by atoms with Gasteiger partial charge in [0, 0.05) is 11.8 Å². The first kappa shape index (κ1) is 23.5. The molecule has 1 atom stereocenters. The number of rotatable bonds is 9. The van der Waals surface area contributed by atoms with Gasteiger partial charge in [-0.1, -0.05) is 36.4 Å². The number of nitro groups is 1. The maximum atomic E-state index is 13.3. The summed E-state index contributed by atoms with van der Waals surface area (Å²) in [6, 6.07) is 13.4. The Balaban J connectivity index is 2.71. The van der Waals surface area contributed by atoms with Gasteiger partial charge in [0.15, 0.2) is 24.3 Å². The van der Waals surface area contributed by atoms with Gasteiger partial charge in [0.25, 0.3) is 0 Å². The smallest absolute Gasteiger partial charge is 0.384 e. The summed E-state index contributed by atoms with van der Waals surface area (Å²) in [5, 5.41) is 11.7. The van der Waals surface area contributed by atoms with E-state index in [1.165, 1.54) is 55.5 Å². The van der Waals surface area contributed by atoms with Gasteiger partial charge >= 0.3 is 11.5 Å². The highest BCUT2D eigenvalue weighted by atomic mass is 32.3. The molecule has 0 aliphatic rings. The molecule has 2 aromatic rings. The van der Waals surface area contributed by atoms with Crippen molar-refractivity contribution in [3.05, 3.63) is 70.8 Å². The first-order valence-electron chi connectivity index (χ1n) is 8.87. The molecule has 0 aliphatic carbocycles. The fourth-order valence-corrected chi connectivity index (χ4v) is 7.52. The van der Waals surface area contributed by atoms with Crippen molar-refractivity contribution in [3.8, 4) is 0 Å². The molecule has 0 saturated carbocycles. The summed E-state index contributed by atoms with van der Waals surface area (Å²) in [5.74, 6) is -1.31. The lowest BCUT2D eigenvalue weighted by Crippen LogP contribution is -2.50. The van der Waals surface area contributed by atoms with Gasteiger partial charge in [-0.15, -0.1) is 0 Å². The number of esters is 1. The molecule has 162 valence electrons. The first-order valence-corrected chi connectivity index (χ1v) is 12.0. The zero-order chi connectivity index (χ0) is 22.6. The Kier molecular flexibility index (Phi) is 6.99. The number of carbonyl (C=O) groups excluding carboxylic acids is 1. The highest BCUT2D eigenvalue weighted by Crippen LogP contribution is 2.33. The van der Waals surface area contributed by atoms with Crippen LogP contribution in [-0.2, 0) is 29.2 Å². The molecular formula is C19H21NO8S2. The molecule has 0 radical (unpaired) electrons. The van der Waals surface area contributed by atoms with Gasteiger partial charge in [-0.05, 0) is 31.2 Å². The second-order valence-electron chi connectivity index (χ2n) is 6.60. The third-order valence-corrected chi connectivity index (χ3v) is 9.61. The van der Waals surface area contributed by atoms with Gasteiger partial charge in [-0.25, -0.2) is 21.6 Å². The Morgan fingerprint density at radius 1 is 0.967 bits per heavy atom. The van der Waals surface area contributed by atoms with Crippen LogP contribution in [0.25, 0.3) is 0 Å². The van der Waals surface area contributed by atoms with Gasteiger partial charge < -0.3 is 4.74 Å². The zero-order valence-electron chi connectivity index (χ0n) is 16.3. The van der Waals surface area contributed by atoms with Crippen LogP contribution < -0.4 is 0 Å². The fraction of sp³-hybridized carbons (Fsp3) is 0.316. The van der Waals surface area contributed by atoms with Crippen molar-refractivity contribution >= 4 is 25.6 Å². The summed E-state index contributed by atoms with van der Waals surface area (Å²) < 4.78 is 55.6. The Morgan fingerprint density at radius 2 is 1.37 bits per heavy atom. The van der Waals surface area contributed by atoms with E-state index in [-0.39, 0.29) is 16.4 Å². The van der Waals surface area contributed by atoms with Crippen LogP contribution in [0.1, 0.15) is 20.3 Å². The first-order chi connectivity index (χ1) is 14.0. The van der Waals surface area contributed by atoms with Crippen LogP contribution in [0.4, 0.5) is 0 Å². The van der Waals surface area contributed by atoms with E-state index in [9.17, 15) is 31.7 Å². The summed E-state index contributed by atoms with van der Waals surface area (Å²) in [6.07, 6.45) is -1.12. The molecule has 30 heavy (non-hydrogen) atoms. The maximum absolute atomic E-state index is 13.3. The Hall–Kier alpha value is -2.79. The third kappa shape index (κ3) is 4.51. The number of nitrogens with zero attached hydrogens (tertiary/aromatic N) is 1. The van der Waals surface area contributed by atoms with E-state index in [4.69, 9.17) is 4.74 Å². The van der Waals surface area contributed by atoms with Crippen molar-refractivity contribution in [3.63, 3.8) is 0 Å². The average molecular weight is 456 g/mol. The molecule has 0 N–H and O–H groups in total. The van der Waals surface area contributed by atoms with E-state index >= 15 is 0 Å². The molecule has 9 nitrogen and oxygen atoms in total. The monoisotopic (exact) mass is 455 g/mol. The number of ether oxygens (including phenoxy) is 1. The van der Waals surface area contributed by atoms with Crippen LogP contribution in [0.3, 0.4) is 0 Å². The zero-order valence-corrected chi connectivity index (χ0v) is 17.9. The number of sulfone groups is 2. The van der Waals surface area contributed by atoms with Crippen molar-refractivity contribution < 1.29 is 31.3 Å². The molecular weight excluding hydrogens is 434 g/mol. The van der Waals surface area contributed by atoms with Gasteiger partial charge in [-0.2, -0.15) is 0 Å². The highest BCUT2D eigenvalue weighted by Gasteiger charge is 2.55. The molecule has 0 aromatic heterocycles. The maximum Gasteiger partial charge on any atom is 0.384 e. The Labute approximate surface area is 174 Å². The van der Waals surface area contributed by atoms with Crippen LogP contribution in [0.5, 0.6) is 0 Å². The summed E-state index contributed by atoms with van der Waals surface area (Å²) in [4.78, 5) is 22.4. The summed E-state index contributed by atoms with van der Waals surface area (Å²) in [5.41, 5.74) is -2.59. The number of hydrogen-bond donors (Lipinski definition) is 0. The molecule has 11 heteroatoms. The lowest BCUT2D eigenvalue weighted by molar-refractivity contribution is -0.551. The van der Waals surface area contributed by atoms with Gasteiger partial charge in [0.2, 0.25) is 0 Å². The summed E-state index contributed by atoms with van der Waals surface area (Å²) in [6.45, 7) is 2.10. The Morgan fingerprint density at radius 3 is 1.70 bits per heavy atom. The normalized spacial score (nSPS) is 14.1. The number of carbonyl (C=O) groups is 1. The van der Waals surface area contributed by atoms with Gasteiger partial charge in [-0.3, -0.25) is 10.1 Å². The second-order valence-corrected chi connectivity index (χ2v) is 11.2. The standard InChI is InChI=1S/C19H21NO8S2/c1-3-28-18(21)19(2,20(22)23)14-17(29(24,25)15-10-6-4-7-11-15)30(26,27)16-12-8-5-9-13-16/h4-13,17H,3,14H2,1-2H3/t19-/m1/s1. The predicted octanol–water partition coefficient (Wildman–Crippen LogP) is 2.25. The quantitative estimate of drug-likeness (QED) is 0.319. The Bertz CT molecular complexity index is 1050. The minimum atomic E-state index is -4.62. The number of benzene rings is 2. The summed E-state index contributed by atoms with van der Waals surface area (Å²) >= 11 is 0. The van der Waals surface area contributed by atoms with Crippen molar-refractivity contribution in [1.82, 2.24) is 0 Å². The largest absolute Gasteiger partial charge is 0.461 e. The SMILES string of the molecule is CCOC(=O)[C@@](C)(CC(S(=O)(=O)c1ccccc1)S(=O)(=O)c1ccccc1)[N+](=O)[O-]. The van der Waals surface area contributed by atoms with Crippen LogP contribution in [0.15, 0.2) is 70.5 Å². The van der Waals surface area contributed by atoms with E-state index in [1.807, 2.05) is 0 Å². The minimum Gasteiger partial charge on any atom is -0.461 e. The molecule has 2 aromatic carbocycles. The lowest BCUT2D eigenvalue weighted by atomic mass is 10.0. The lowest BCUT2D eigenvalue weighted by Gasteiger charge is -2.25. The van der Waals surface area contributed by atoms with Crippen LogP contribution in [0.2, 0.25) is 0 Å². The molecule has 0 spiro atoms. The highest BCUT2D eigenvalue weighted by molar-refractivity contribution is 8.09. The van der Waals surface area contributed by atoms with E-state index in [0.717, 1.165) is 6.92 Å². The van der Waals surface area contributed by atoms with E-state index in [1.54, 1.807) is 12.1 Å². The van der Waals surface area contributed by atoms with E-state index < -0.39 is 47.1 Å². The minimum absolute atomic E-state index is 0.191. The average Bonchev–Trinajstić information content (AvgIpc) is 2.72. The molecule has 0 aliphatic heterocycles. The number of hydrogen-bond acceptors (Lipinski definition) is 8. The van der Waals surface area contributed by atoms with Crippen molar-refractivity contribution in [2.24, 2.45) is 0 Å². The molecule has 0 saturated heterocycles. The fourth-order valence-electron chi connectivity index (χ4n) is 2.75. The molecule has 0 heterocycles. The van der Waals surface area contributed by atoms with E-state index in [0.29, 0.717) is 0 Å². The van der Waals surface area contributed by atoms with Gasteiger partial charge in [0.05, 0.1) is 22.8 Å². The molecule has 0 bridgehead atoms. The van der Waals surface area contributed by atoms with Crippen molar-refractivity contribution in [2.45, 2.75) is 40.2 Å². The summed E-state index contributed by atoms with van der Waals surface area (Å²) in [7, 11) is -9.24. The molecule has 2 rings (SSSR count). The van der Waals surface area contributed by atoms with Crippen LogP contribution in [0, 0.1) is 10.1 Å². The second kappa shape index (κ2) is 8.92. The van der Waals surface area contributed by atoms with Crippen molar-refractivity contribution in [1.29, 1.82) is 0 Å². The molecule has 0 unspecified atom stereocenters. The topological polar surface area (TPSA) is 138 Å². The van der Waals surface area contributed by atoms with Gasteiger partial charge in [0.1, 0.15) is 0 Å². The molecule has 0 amide bonds. The molecule has 0 fully saturated rings. The predicted molar refractivity (Wildman–Crippen MR) is 108 cm³/mol. The van der Waals surface area contributed by atoms with Crippen LogP contribution in [-0.4, -0.2) is 44.5 Å². The van der Waals surface area contributed by atoms with E-state index in [2.05, 4.69) is 0 Å². The van der Waals surface area contributed by atoms with Crippen molar-refractivity contribution in [2.75, 3.05) is 6.61 Å². The third-order valence-electron chi connectivity index (χ3n) is 4.52. The van der Waals surface area contributed by atoms with Crippen LogP contribution >= 0.6 is 0 Å².